The first-order valence-corrected chi connectivity index (χ1v) is 8.36. The molecular formula is C21H15F3N2O3. The van der Waals surface area contributed by atoms with E-state index in [4.69, 9.17) is 14.6 Å². The zero-order valence-electron chi connectivity index (χ0n) is 15.1. The number of carbonyl (C=O) groups is 1. The highest BCUT2D eigenvalue weighted by molar-refractivity contribution is 6.06. The summed E-state index contributed by atoms with van der Waals surface area (Å²) < 4.78 is 37.0. The number of halogens is 3. The van der Waals surface area contributed by atoms with Gasteiger partial charge in [-0.3, -0.25) is 9.97 Å². The van der Waals surface area contributed by atoms with Gasteiger partial charge in [0.15, 0.2) is 0 Å². The van der Waals surface area contributed by atoms with Crippen LogP contribution >= 0.6 is 0 Å². The molecule has 1 N–H and O–H groups in total. The third kappa shape index (κ3) is 4.60. The number of methoxy groups -OCH3 is 1. The number of hydrogen-bond donors (Lipinski definition) is 1. The molecule has 2 heterocycles. The molecule has 0 spiro atoms. The van der Waals surface area contributed by atoms with Crippen molar-refractivity contribution in [1.82, 2.24) is 9.97 Å². The standard InChI is InChI=1S/C19H14N2O.C2HF3O2/c1-22-16-4-2-3-14(9-16)15-10-17-18-12-20-8-7-13(18)5-6-19(17)21-11-15;3-2(4,5)1(6)7/h2-12H,1H3;(H,6,7). The van der Waals surface area contributed by atoms with E-state index < -0.39 is 12.1 Å². The van der Waals surface area contributed by atoms with Gasteiger partial charge in [-0.15, -0.1) is 0 Å². The van der Waals surface area contributed by atoms with Crippen molar-refractivity contribution in [1.29, 1.82) is 0 Å². The van der Waals surface area contributed by atoms with Gasteiger partial charge in [-0.1, -0.05) is 18.2 Å². The number of aromatic nitrogens is 2. The van der Waals surface area contributed by atoms with Crippen LogP contribution in [-0.2, 0) is 4.79 Å². The number of fused-ring (bicyclic) bond motifs is 3. The highest BCUT2D eigenvalue weighted by atomic mass is 19.4. The van der Waals surface area contributed by atoms with Gasteiger partial charge in [0.1, 0.15) is 5.75 Å². The summed E-state index contributed by atoms with van der Waals surface area (Å²) in [4.78, 5) is 17.7. The second-order valence-corrected chi connectivity index (χ2v) is 5.99. The molecule has 4 aromatic rings. The predicted molar refractivity (Wildman–Crippen MR) is 103 cm³/mol. The number of benzene rings is 2. The lowest BCUT2D eigenvalue weighted by atomic mass is 10.0. The van der Waals surface area contributed by atoms with Crippen LogP contribution in [0.2, 0.25) is 0 Å². The third-order valence-corrected chi connectivity index (χ3v) is 4.13. The zero-order valence-corrected chi connectivity index (χ0v) is 15.1. The smallest absolute Gasteiger partial charge is 0.490 e. The van der Waals surface area contributed by atoms with Crippen LogP contribution < -0.4 is 4.74 Å². The largest absolute Gasteiger partial charge is 0.497 e. The Morgan fingerprint density at radius 1 is 1.00 bits per heavy atom. The maximum Gasteiger partial charge on any atom is 0.490 e. The molecule has 2 aromatic heterocycles. The number of carboxylic acids is 1. The summed E-state index contributed by atoms with van der Waals surface area (Å²) in [5.41, 5.74) is 3.14. The van der Waals surface area contributed by atoms with Gasteiger partial charge in [0, 0.05) is 34.9 Å². The first kappa shape index (κ1) is 20.1. The lowest BCUT2D eigenvalue weighted by Crippen LogP contribution is -2.21. The second-order valence-electron chi connectivity index (χ2n) is 5.99. The Labute approximate surface area is 163 Å². The van der Waals surface area contributed by atoms with Crippen LogP contribution in [0, 0.1) is 0 Å². The third-order valence-electron chi connectivity index (χ3n) is 4.13. The minimum absolute atomic E-state index is 0.845. The second kappa shape index (κ2) is 8.14. The molecular weight excluding hydrogens is 385 g/mol. The molecule has 8 heteroatoms. The maximum atomic E-state index is 10.6. The van der Waals surface area contributed by atoms with Crippen LogP contribution in [0.15, 0.2) is 67.1 Å². The maximum absolute atomic E-state index is 10.6. The van der Waals surface area contributed by atoms with Crippen molar-refractivity contribution >= 4 is 27.6 Å². The molecule has 0 atom stereocenters. The van der Waals surface area contributed by atoms with Gasteiger partial charge < -0.3 is 9.84 Å². The van der Waals surface area contributed by atoms with Gasteiger partial charge in [-0.05, 0) is 41.3 Å². The van der Waals surface area contributed by atoms with Crippen LogP contribution in [0.5, 0.6) is 5.75 Å². The molecule has 0 aliphatic rings. The number of rotatable bonds is 2. The first-order chi connectivity index (χ1) is 13.8. The monoisotopic (exact) mass is 400 g/mol. The van der Waals surface area contributed by atoms with Crippen LogP contribution in [0.3, 0.4) is 0 Å². The fraction of sp³-hybridized carbons (Fsp3) is 0.0952. The Balaban J connectivity index is 0.000000298. The number of nitrogens with zero attached hydrogens (tertiary/aromatic N) is 2. The number of carboxylic acid groups (broad SMARTS) is 1. The van der Waals surface area contributed by atoms with Gasteiger partial charge in [0.25, 0.3) is 0 Å². The lowest BCUT2D eigenvalue weighted by molar-refractivity contribution is -0.192. The number of ether oxygens (including phenoxy) is 1. The summed E-state index contributed by atoms with van der Waals surface area (Å²) in [6, 6.07) is 16.3. The minimum Gasteiger partial charge on any atom is -0.497 e. The summed E-state index contributed by atoms with van der Waals surface area (Å²) in [5, 5.41) is 10.5. The molecule has 0 amide bonds. The van der Waals surface area contributed by atoms with Gasteiger partial charge >= 0.3 is 12.1 Å². The SMILES string of the molecule is COc1cccc(-c2cnc3ccc4ccncc4c3c2)c1.O=C(O)C(F)(F)F. The summed E-state index contributed by atoms with van der Waals surface area (Å²) in [6.45, 7) is 0. The summed E-state index contributed by atoms with van der Waals surface area (Å²) >= 11 is 0. The summed E-state index contributed by atoms with van der Waals surface area (Å²) in [7, 11) is 1.68. The van der Waals surface area contributed by atoms with Crippen molar-refractivity contribution < 1.29 is 27.8 Å². The van der Waals surface area contributed by atoms with Crippen molar-refractivity contribution in [2.75, 3.05) is 7.11 Å². The molecule has 0 radical (unpaired) electrons. The molecule has 0 bridgehead atoms. The lowest BCUT2D eigenvalue weighted by Gasteiger charge is -2.07. The molecule has 5 nitrogen and oxygen atoms in total. The van der Waals surface area contributed by atoms with Crippen molar-refractivity contribution in [2.45, 2.75) is 6.18 Å². The predicted octanol–water partition coefficient (Wildman–Crippen LogP) is 5.09. The van der Waals surface area contributed by atoms with E-state index in [-0.39, 0.29) is 0 Å². The molecule has 2 aromatic carbocycles. The Kier molecular flexibility index (Phi) is 5.63. The average molecular weight is 400 g/mol. The molecule has 0 aliphatic carbocycles. The van der Waals surface area contributed by atoms with E-state index in [9.17, 15) is 13.2 Å². The average Bonchev–Trinajstić information content (AvgIpc) is 2.73. The van der Waals surface area contributed by atoms with Gasteiger partial charge in [0.05, 0.1) is 12.6 Å². The molecule has 0 aliphatic heterocycles. The van der Waals surface area contributed by atoms with E-state index in [1.807, 2.05) is 48.9 Å². The molecule has 0 saturated heterocycles. The Morgan fingerprint density at radius 2 is 1.76 bits per heavy atom. The van der Waals surface area contributed by atoms with E-state index in [1.165, 1.54) is 5.39 Å². The van der Waals surface area contributed by atoms with Crippen LogP contribution in [0.4, 0.5) is 13.2 Å². The summed E-state index contributed by atoms with van der Waals surface area (Å²) in [5.74, 6) is -1.91. The molecule has 148 valence electrons. The van der Waals surface area contributed by atoms with E-state index >= 15 is 0 Å². The van der Waals surface area contributed by atoms with Crippen molar-refractivity contribution in [3.05, 3.63) is 67.1 Å². The van der Waals surface area contributed by atoms with Crippen molar-refractivity contribution in [3.8, 4) is 16.9 Å². The Hall–Kier alpha value is -3.68. The fourth-order valence-corrected chi connectivity index (χ4v) is 2.73. The number of alkyl halides is 3. The van der Waals surface area contributed by atoms with Crippen LogP contribution in [0.1, 0.15) is 0 Å². The van der Waals surface area contributed by atoms with Crippen LogP contribution in [-0.4, -0.2) is 34.3 Å². The summed E-state index contributed by atoms with van der Waals surface area (Å²) in [6.07, 6.45) is 0.529. The number of aliphatic carboxylic acids is 1. The quantitative estimate of drug-likeness (QED) is 0.475. The van der Waals surface area contributed by atoms with Crippen molar-refractivity contribution in [2.24, 2.45) is 0 Å². The molecule has 0 fully saturated rings. The minimum atomic E-state index is -5.08. The van der Waals surface area contributed by atoms with Crippen molar-refractivity contribution in [3.63, 3.8) is 0 Å². The zero-order chi connectivity index (χ0) is 21.0. The number of pyridine rings is 2. The topological polar surface area (TPSA) is 72.3 Å². The van der Waals surface area contributed by atoms with E-state index in [0.717, 1.165) is 33.2 Å². The fourth-order valence-electron chi connectivity index (χ4n) is 2.73. The first-order valence-electron chi connectivity index (χ1n) is 8.36. The van der Waals surface area contributed by atoms with Crippen LogP contribution in [0.25, 0.3) is 32.8 Å². The van der Waals surface area contributed by atoms with Gasteiger partial charge in [0.2, 0.25) is 0 Å². The molecule has 0 unspecified atom stereocenters. The van der Waals surface area contributed by atoms with E-state index in [2.05, 4.69) is 28.2 Å². The normalized spacial score (nSPS) is 11.0. The van der Waals surface area contributed by atoms with Gasteiger partial charge in [-0.25, -0.2) is 4.79 Å². The molecule has 0 saturated carbocycles. The molecule has 4 rings (SSSR count). The highest BCUT2D eigenvalue weighted by Gasteiger charge is 2.38. The Morgan fingerprint density at radius 3 is 2.45 bits per heavy atom. The number of hydrogen-bond acceptors (Lipinski definition) is 4. The van der Waals surface area contributed by atoms with E-state index in [1.54, 1.807) is 7.11 Å². The highest BCUT2D eigenvalue weighted by Crippen LogP contribution is 2.29. The molecule has 29 heavy (non-hydrogen) atoms. The Bertz CT molecular complexity index is 1180. The van der Waals surface area contributed by atoms with E-state index in [0.29, 0.717) is 0 Å². The van der Waals surface area contributed by atoms with Gasteiger partial charge in [-0.2, -0.15) is 13.2 Å².